The Morgan fingerprint density at radius 3 is 2.58 bits per heavy atom. The molecule has 0 fully saturated rings. The Labute approximate surface area is 120 Å². The van der Waals surface area contributed by atoms with Crippen LogP contribution in [0, 0.1) is 0 Å². The third kappa shape index (κ3) is 3.96. The van der Waals surface area contributed by atoms with Crippen molar-refractivity contribution in [3.05, 3.63) is 28.2 Å². The number of anilines is 1. The Morgan fingerprint density at radius 2 is 2.11 bits per heavy atom. The second-order valence-electron chi connectivity index (χ2n) is 4.32. The summed E-state index contributed by atoms with van der Waals surface area (Å²) in [5.74, 6) is -1.33. The van der Waals surface area contributed by atoms with E-state index in [-0.39, 0.29) is 18.5 Å². The normalized spacial score (nSPS) is 11.9. The molecule has 1 atom stereocenters. The smallest absolute Gasteiger partial charge is 0.323 e. The van der Waals surface area contributed by atoms with E-state index in [2.05, 4.69) is 15.9 Å². The van der Waals surface area contributed by atoms with Crippen LogP contribution in [0.25, 0.3) is 0 Å². The highest BCUT2D eigenvalue weighted by molar-refractivity contribution is 9.10. The molecule has 6 heteroatoms. The molecule has 0 aliphatic rings. The maximum absolute atomic E-state index is 12.3. The van der Waals surface area contributed by atoms with Crippen molar-refractivity contribution in [2.45, 2.75) is 26.3 Å². The van der Waals surface area contributed by atoms with Gasteiger partial charge in [-0.3, -0.25) is 9.59 Å². The molecule has 1 aromatic carbocycles. The van der Waals surface area contributed by atoms with E-state index in [4.69, 9.17) is 10.8 Å². The number of halogens is 1. The van der Waals surface area contributed by atoms with E-state index in [1.165, 1.54) is 4.90 Å². The van der Waals surface area contributed by atoms with Gasteiger partial charge in [0.15, 0.2) is 0 Å². The highest BCUT2D eigenvalue weighted by Gasteiger charge is 2.23. The molecule has 1 rings (SSSR count). The summed E-state index contributed by atoms with van der Waals surface area (Å²) in [6.45, 7) is 3.43. The third-order valence-electron chi connectivity index (χ3n) is 2.94. The van der Waals surface area contributed by atoms with Gasteiger partial charge in [-0.05, 0) is 47.5 Å². The first kappa shape index (κ1) is 15.5. The summed E-state index contributed by atoms with van der Waals surface area (Å²) in [7, 11) is 0. The van der Waals surface area contributed by atoms with Crippen molar-refractivity contribution in [3.63, 3.8) is 0 Å². The number of hydrogen-bond donors (Lipinski definition) is 2. The van der Waals surface area contributed by atoms with Crippen LogP contribution in [0.5, 0.6) is 0 Å². The molecule has 3 N–H and O–H groups in total. The summed E-state index contributed by atoms with van der Waals surface area (Å²) >= 11 is 3.26. The monoisotopic (exact) mass is 328 g/mol. The van der Waals surface area contributed by atoms with E-state index in [9.17, 15) is 9.59 Å². The number of carboxylic acids is 1. The van der Waals surface area contributed by atoms with E-state index in [0.29, 0.717) is 22.1 Å². The molecular formula is C13H17BrN2O3. The van der Waals surface area contributed by atoms with Crippen molar-refractivity contribution < 1.29 is 14.7 Å². The van der Waals surface area contributed by atoms with Gasteiger partial charge in [0, 0.05) is 21.8 Å². The zero-order chi connectivity index (χ0) is 14.6. The summed E-state index contributed by atoms with van der Waals surface area (Å²) in [4.78, 5) is 24.6. The van der Waals surface area contributed by atoms with Crippen LogP contribution in [0.2, 0.25) is 0 Å². The first-order valence-corrected chi connectivity index (χ1v) is 6.73. The van der Waals surface area contributed by atoms with Gasteiger partial charge >= 0.3 is 5.97 Å². The number of amides is 1. The predicted octanol–water partition coefficient (Wildman–Crippen LogP) is 2.36. The number of carbonyl (C=O) groups is 2. The van der Waals surface area contributed by atoms with Gasteiger partial charge in [0.05, 0.1) is 0 Å². The number of benzene rings is 1. The van der Waals surface area contributed by atoms with Gasteiger partial charge < -0.3 is 15.7 Å². The molecule has 0 saturated carbocycles. The molecule has 1 amide bonds. The largest absolute Gasteiger partial charge is 0.480 e. The highest BCUT2D eigenvalue weighted by Crippen LogP contribution is 2.22. The van der Waals surface area contributed by atoms with Crippen LogP contribution >= 0.6 is 15.9 Å². The van der Waals surface area contributed by atoms with E-state index in [0.717, 1.165) is 0 Å². The topological polar surface area (TPSA) is 83.6 Å². The van der Waals surface area contributed by atoms with E-state index >= 15 is 0 Å². The molecule has 0 radical (unpaired) electrons. The molecule has 104 valence electrons. The quantitative estimate of drug-likeness (QED) is 0.812. The molecule has 5 nitrogen and oxygen atoms in total. The van der Waals surface area contributed by atoms with Crippen LogP contribution in [0.1, 0.15) is 30.6 Å². The van der Waals surface area contributed by atoms with Crippen LogP contribution < -0.4 is 5.73 Å². The molecule has 0 spiro atoms. The lowest BCUT2D eigenvalue weighted by Gasteiger charge is -2.27. The number of nitrogens with two attached hydrogens (primary N) is 1. The van der Waals surface area contributed by atoms with Crippen molar-refractivity contribution in [1.29, 1.82) is 0 Å². The maximum Gasteiger partial charge on any atom is 0.323 e. The molecule has 0 aromatic heterocycles. The summed E-state index contributed by atoms with van der Waals surface area (Å²) in [5, 5.41) is 8.90. The van der Waals surface area contributed by atoms with E-state index < -0.39 is 5.97 Å². The average molecular weight is 329 g/mol. The highest BCUT2D eigenvalue weighted by atomic mass is 79.9. The third-order valence-corrected chi connectivity index (χ3v) is 3.62. The van der Waals surface area contributed by atoms with Gasteiger partial charge in [0.2, 0.25) is 0 Å². The molecule has 0 aliphatic carbocycles. The number of rotatable bonds is 5. The van der Waals surface area contributed by atoms with Gasteiger partial charge in [-0.1, -0.05) is 6.92 Å². The van der Waals surface area contributed by atoms with Crippen molar-refractivity contribution in [2.24, 2.45) is 0 Å². The van der Waals surface area contributed by atoms with Gasteiger partial charge in [0.25, 0.3) is 5.91 Å². The standard InChI is InChI=1S/C13H17BrN2O3/c1-3-8(2)16(7-12(17)18)13(19)9-4-5-11(15)10(14)6-9/h4-6,8H,3,7,15H2,1-2H3,(H,17,18). The lowest BCUT2D eigenvalue weighted by atomic mass is 10.1. The van der Waals surface area contributed by atoms with Gasteiger partial charge in [-0.2, -0.15) is 0 Å². The second-order valence-corrected chi connectivity index (χ2v) is 5.17. The van der Waals surface area contributed by atoms with Crippen LogP contribution in [0.3, 0.4) is 0 Å². The summed E-state index contributed by atoms with van der Waals surface area (Å²) in [6.07, 6.45) is 0.690. The van der Waals surface area contributed by atoms with Crippen molar-refractivity contribution in [2.75, 3.05) is 12.3 Å². The molecule has 0 heterocycles. The lowest BCUT2D eigenvalue weighted by Crippen LogP contribution is -2.41. The number of nitrogen functional groups attached to an aromatic ring is 1. The Bertz CT molecular complexity index is 491. The number of hydrogen-bond acceptors (Lipinski definition) is 3. The number of aliphatic carboxylic acids is 1. The lowest BCUT2D eigenvalue weighted by molar-refractivity contribution is -0.138. The first-order chi connectivity index (χ1) is 8.86. The SMILES string of the molecule is CCC(C)N(CC(=O)O)C(=O)c1ccc(N)c(Br)c1. The molecule has 19 heavy (non-hydrogen) atoms. The van der Waals surface area contributed by atoms with Crippen molar-refractivity contribution in [3.8, 4) is 0 Å². The molecule has 0 bridgehead atoms. The predicted molar refractivity (Wildman–Crippen MR) is 77.0 cm³/mol. The first-order valence-electron chi connectivity index (χ1n) is 5.94. The number of nitrogens with zero attached hydrogens (tertiary/aromatic N) is 1. The summed E-state index contributed by atoms with van der Waals surface area (Å²) in [6, 6.07) is 4.68. The molecule has 0 saturated heterocycles. The van der Waals surface area contributed by atoms with Crippen LogP contribution in [-0.4, -0.2) is 34.5 Å². The number of carboxylic acid groups (broad SMARTS) is 1. The Hall–Kier alpha value is -1.56. The fraction of sp³-hybridized carbons (Fsp3) is 0.385. The van der Waals surface area contributed by atoms with Crippen molar-refractivity contribution in [1.82, 2.24) is 4.90 Å². The van der Waals surface area contributed by atoms with Gasteiger partial charge in [-0.25, -0.2) is 0 Å². The Balaban J connectivity index is 3.04. The minimum atomic E-state index is -1.02. The van der Waals surface area contributed by atoms with Gasteiger partial charge in [0.1, 0.15) is 6.54 Å². The van der Waals surface area contributed by atoms with E-state index in [1.54, 1.807) is 18.2 Å². The Morgan fingerprint density at radius 1 is 1.47 bits per heavy atom. The minimum absolute atomic E-state index is 0.139. The van der Waals surface area contributed by atoms with Gasteiger partial charge in [-0.15, -0.1) is 0 Å². The summed E-state index contributed by atoms with van der Waals surface area (Å²) < 4.78 is 0.623. The van der Waals surface area contributed by atoms with Crippen LogP contribution in [-0.2, 0) is 4.79 Å². The van der Waals surface area contributed by atoms with Crippen LogP contribution in [0.4, 0.5) is 5.69 Å². The zero-order valence-electron chi connectivity index (χ0n) is 10.9. The van der Waals surface area contributed by atoms with Crippen LogP contribution in [0.15, 0.2) is 22.7 Å². The second kappa shape index (κ2) is 6.56. The molecule has 0 aliphatic heterocycles. The van der Waals surface area contributed by atoms with E-state index in [1.807, 2.05) is 13.8 Å². The minimum Gasteiger partial charge on any atom is -0.480 e. The molecule has 1 unspecified atom stereocenters. The average Bonchev–Trinajstić information content (AvgIpc) is 2.37. The summed E-state index contributed by atoms with van der Waals surface area (Å²) in [5.41, 5.74) is 6.62. The molecular weight excluding hydrogens is 312 g/mol. The zero-order valence-corrected chi connectivity index (χ0v) is 12.5. The fourth-order valence-electron chi connectivity index (χ4n) is 1.62. The van der Waals surface area contributed by atoms with Crippen molar-refractivity contribution >= 4 is 33.5 Å². The Kier molecular flexibility index (Phi) is 5.35. The number of carbonyl (C=O) groups excluding carboxylic acids is 1. The maximum atomic E-state index is 12.3. The molecule has 1 aromatic rings. The fourth-order valence-corrected chi connectivity index (χ4v) is 2.00.